The Kier molecular flexibility index (Phi) is 4.20. The summed E-state index contributed by atoms with van der Waals surface area (Å²) in [5.74, 6) is 3.75. The lowest BCUT2D eigenvalue weighted by Crippen LogP contribution is -2.17. The molecule has 1 atom stereocenters. The first kappa shape index (κ1) is 8.88. The number of aliphatic hydroxyl groups is 1. The molecular weight excluding hydrogens is 136 g/mol. The Hall–Kier alpha value is -1.12. The number of carbonyl (C=O) groups excluding carboxylic acids is 1. The number of nitrogens with two attached hydrogens (primary N) is 1. The topological polar surface area (TPSA) is 96.3 Å². The highest BCUT2D eigenvalue weighted by molar-refractivity contribution is 5.69. The lowest BCUT2D eigenvalue weighted by Gasteiger charge is -2.01. The summed E-state index contributed by atoms with van der Waals surface area (Å²) in [6.07, 6.45) is -1.29. The smallest absolute Gasteiger partial charge is 0.327 e. The minimum Gasteiger partial charge on any atom is -0.391 e. The quantitative estimate of drug-likeness (QED) is 0.498. The third-order valence-corrected chi connectivity index (χ3v) is 0.861. The highest BCUT2D eigenvalue weighted by atomic mass is 16.7. The Bertz CT molecular complexity index is 151. The minimum absolute atomic E-state index is 0.0882. The molecule has 0 fully saturated rings. The number of rotatable bonds is 3. The number of aliphatic hydroxyl groups excluding tert-OH is 1. The monoisotopic (exact) mass is 144 g/mol. The molecule has 0 aromatic heterocycles. The van der Waals surface area contributed by atoms with Crippen LogP contribution in [0.4, 0.5) is 0 Å². The second-order valence-corrected chi connectivity index (χ2v) is 1.71. The van der Waals surface area contributed by atoms with Crippen molar-refractivity contribution in [1.82, 2.24) is 0 Å². The molecule has 56 valence electrons. The van der Waals surface area contributed by atoms with Crippen molar-refractivity contribution in [1.29, 1.82) is 5.26 Å². The molecule has 0 amide bonds. The summed E-state index contributed by atoms with van der Waals surface area (Å²) in [6.45, 7) is 0. The number of nitrogens with zero attached hydrogens (tertiary/aromatic N) is 1. The van der Waals surface area contributed by atoms with Crippen LogP contribution in [0.5, 0.6) is 0 Å². The van der Waals surface area contributed by atoms with Gasteiger partial charge >= 0.3 is 5.97 Å². The average Bonchev–Trinajstić information content (AvgIpc) is 1.88. The van der Waals surface area contributed by atoms with Gasteiger partial charge in [0, 0.05) is 0 Å². The summed E-state index contributed by atoms with van der Waals surface area (Å²) in [5, 5.41) is 16.8. The lowest BCUT2D eigenvalue weighted by atomic mass is 10.2. The van der Waals surface area contributed by atoms with Gasteiger partial charge in [-0.25, -0.2) is 0 Å². The third-order valence-electron chi connectivity index (χ3n) is 0.861. The van der Waals surface area contributed by atoms with Crippen LogP contribution in [0, 0.1) is 11.3 Å². The fourth-order valence-electron chi connectivity index (χ4n) is 0.418. The van der Waals surface area contributed by atoms with Crippen LogP contribution in [-0.4, -0.2) is 17.2 Å². The van der Waals surface area contributed by atoms with E-state index in [-0.39, 0.29) is 12.8 Å². The van der Waals surface area contributed by atoms with Crippen LogP contribution in [-0.2, 0) is 9.63 Å². The molecule has 5 heteroatoms. The van der Waals surface area contributed by atoms with Crippen molar-refractivity contribution in [2.75, 3.05) is 0 Å². The van der Waals surface area contributed by atoms with Gasteiger partial charge in [-0.05, 0) is 0 Å². The van der Waals surface area contributed by atoms with Gasteiger partial charge in [0.25, 0.3) is 0 Å². The van der Waals surface area contributed by atoms with Crippen LogP contribution in [0.15, 0.2) is 0 Å². The molecular formula is C5H8N2O3. The Balaban J connectivity index is 3.49. The van der Waals surface area contributed by atoms with Gasteiger partial charge in [-0.2, -0.15) is 11.2 Å². The Morgan fingerprint density at radius 3 is 2.90 bits per heavy atom. The van der Waals surface area contributed by atoms with Crippen molar-refractivity contribution in [3.63, 3.8) is 0 Å². The molecule has 0 saturated carbocycles. The largest absolute Gasteiger partial charge is 0.391 e. The molecule has 10 heavy (non-hydrogen) atoms. The van der Waals surface area contributed by atoms with Crippen molar-refractivity contribution in [3.05, 3.63) is 0 Å². The van der Waals surface area contributed by atoms with Gasteiger partial charge in [-0.1, -0.05) is 0 Å². The average molecular weight is 144 g/mol. The zero-order valence-electron chi connectivity index (χ0n) is 5.28. The van der Waals surface area contributed by atoms with Gasteiger partial charge < -0.3 is 9.94 Å². The molecule has 0 rings (SSSR count). The van der Waals surface area contributed by atoms with Gasteiger partial charge in [-0.15, -0.1) is 0 Å². The van der Waals surface area contributed by atoms with E-state index in [2.05, 4.69) is 10.7 Å². The van der Waals surface area contributed by atoms with Gasteiger partial charge in [0.05, 0.1) is 25.0 Å². The first-order valence-corrected chi connectivity index (χ1v) is 2.65. The number of hydrogen-bond donors (Lipinski definition) is 2. The maximum absolute atomic E-state index is 10.3. The number of hydrogen-bond acceptors (Lipinski definition) is 5. The van der Waals surface area contributed by atoms with Gasteiger partial charge in [0.2, 0.25) is 0 Å². The zero-order chi connectivity index (χ0) is 7.98. The van der Waals surface area contributed by atoms with Crippen molar-refractivity contribution in [2.45, 2.75) is 18.9 Å². The van der Waals surface area contributed by atoms with E-state index in [0.717, 1.165) is 0 Å². The number of nitriles is 1. The molecule has 0 aliphatic rings. The maximum atomic E-state index is 10.3. The Labute approximate surface area is 58.0 Å². The molecule has 5 nitrogen and oxygen atoms in total. The van der Waals surface area contributed by atoms with Crippen LogP contribution in [0.2, 0.25) is 0 Å². The molecule has 0 aromatic rings. The summed E-state index contributed by atoms with van der Waals surface area (Å²) in [7, 11) is 0. The number of carbonyl (C=O) groups is 1. The maximum Gasteiger partial charge on any atom is 0.327 e. The van der Waals surface area contributed by atoms with Crippen LogP contribution in [0.25, 0.3) is 0 Å². The molecule has 0 radical (unpaired) electrons. The highest BCUT2D eigenvalue weighted by Gasteiger charge is 2.09. The fraction of sp³-hybridized carbons (Fsp3) is 0.600. The van der Waals surface area contributed by atoms with E-state index in [4.69, 9.17) is 10.4 Å². The van der Waals surface area contributed by atoms with Crippen molar-refractivity contribution in [2.24, 2.45) is 5.90 Å². The lowest BCUT2D eigenvalue weighted by molar-refractivity contribution is -0.146. The summed E-state index contributed by atoms with van der Waals surface area (Å²) < 4.78 is 0. The van der Waals surface area contributed by atoms with E-state index in [1.807, 2.05) is 0 Å². The first-order chi connectivity index (χ1) is 4.70. The van der Waals surface area contributed by atoms with Crippen LogP contribution >= 0.6 is 0 Å². The molecule has 0 bridgehead atoms. The standard InChI is InChI=1S/C5H8N2O3/c6-2-1-4(8)3-5(9)10-7/h4,8H,1,3,7H2/t4-/m1/s1. The van der Waals surface area contributed by atoms with E-state index in [1.165, 1.54) is 0 Å². The van der Waals surface area contributed by atoms with E-state index >= 15 is 0 Å². The van der Waals surface area contributed by atoms with Gasteiger partial charge in [-0.3, -0.25) is 4.79 Å². The molecule has 0 aliphatic heterocycles. The molecule has 0 spiro atoms. The van der Waals surface area contributed by atoms with Crippen LogP contribution < -0.4 is 5.90 Å². The highest BCUT2D eigenvalue weighted by Crippen LogP contribution is 1.96. The minimum atomic E-state index is -0.971. The van der Waals surface area contributed by atoms with Crippen LogP contribution in [0.3, 0.4) is 0 Å². The molecule has 0 unspecified atom stereocenters. The SMILES string of the molecule is N#CC[C@@H](O)CC(=O)ON. The molecule has 0 aliphatic carbocycles. The van der Waals surface area contributed by atoms with Gasteiger partial charge in [0.1, 0.15) is 0 Å². The van der Waals surface area contributed by atoms with Crippen molar-refractivity contribution < 1.29 is 14.7 Å². The van der Waals surface area contributed by atoms with E-state index in [0.29, 0.717) is 0 Å². The normalized spacial score (nSPS) is 11.7. The molecule has 0 aromatic carbocycles. The molecule has 0 heterocycles. The second kappa shape index (κ2) is 4.73. The third kappa shape index (κ3) is 3.83. The summed E-state index contributed by atoms with van der Waals surface area (Å²) in [6, 6.07) is 1.70. The summed E-state index contributed by atoms with van der Waals surface area (Å²) in [4.78, 5) is 14.0. The van der Waals surface area contributed by atoms with Crippen LogP contribution in [0.1, 0.15) is 12.8 Å². The molecule has 3 N–H and O–H groups in total. The summed E-state index contributed by atoms with van der Waals surface area (Å²) in [5.41, 5.74) is 0. The predicted molar refractivity (Wildman–Crippen MR) is 31.1 cm³/mol. The molecule has 0 saturated heterocycles. The predicted octanol–water partition coefficient (Wildman–Crippen LogP) is -0.932. The van der Waals surface area contributed by atoms with Crippen molar-refractivity contribution in [3.8, 4) is 6.07 Å². The second-order valence-electron chi connectivity index (χ2n) is 1.71. The fourth-order valence-corrected chi connectivity index (χ4v) is 0.418. The summed E-state index contributed by atoms with van der Waals surface area (Å²) >= 11 is 0. The van der Waals surface area contributed by atoms with Crippen molar-refractivity contribution >= 4 is 5.97 Å². The van der Waals surface area contributed by atoms with E-state index < -0.39 is 12.1 Å². The first-order valence-electron chi connectivity index (χ1n) is 2.65. The van der Waals surface area contributed by atoms with E-state index in [9.17, 15) is 4.79 Å². The van der Waals surface area contributed by atoms with Gasteiger partial charge in [0.15, 0.2) is 0 Å². The van der Waals surface area contributed by atoms with E-state index in [1.54, 1.807) is 6.07 Å². The Morgan fingerprint density at radius 1 is 1.90 bits per heavy atom. The Morgan fingerprint density at radius 2 is 2.50 bits per heavy atom. The zero-order valence-corrected chi connectivity index (χ0v) is 5.28.